The molecule has 1 atom stereocenters. The summed E-state index contributed by atoms with van der Waals surface area (Å²) in [6.45, 7) is 3.51. The Morgan fingerprint density at radius 1 is 1.29 bits per heavy atom. The number of aromatic nitrogens is 3. The second-order valence-electron chi connectivity index (χ2n) is 6.96. The van der Waals surface area contributed by atoms with Gasteiger partial charge in [-0.3, -0.25) is 5.10 Å². The van der Waals surface area contributed by atoms with Crippen LogP contribution in [-0.4, -0.2) is 34.3 Å². The molecule has 0 saturated carbocycles. The van der Waals surface area contributed by atoms with E-state index in [1.54, 1.807) is 10.9 Å². The van der Waals surface area contributed by atoms with Crippen molar-refractivity contribution < 1.29 is 14.2 Å². The summed E-state index contributed by atoms with van der Waals surface area (Å²) in [5, 5.41) is 12.3. The second-order valence-corrected chi connectivity index (χ2v) is 7.76. The molecule has 3 aromatic rings. The van der Waals surface area contributed by atoms with E-state index >= 15 is 0 Å². The third kappa shape index (κ3) is 5.15. The first-order valence-electron chi connectivity index (χ1n) is 10.1. The lowest BCUT2D eigenvalue weighted by molar-refractivity contribution is 0.102. The predicted molar refractivity (Wildman–Crippen MR) is 122 cm³/mol. The zero-order chi connectivity index (χ0) is 21.6. The summed E-state index contributed by atoms with van der Waals surface area (Å²) in [6.07, 6.45) is 3.52. The Labute approximate surface area is 190 Å². The van der Waals surface area contributed by atoms with Gasteiger partial charge in [-0.25, -0.2) is 0 Å². The van der Waals surface area contributed by atoms with Crippen LogP contribution in [-0.2, 0) is 11.3 Å². The van der Waals surface area contributed by atoms with Crippen LogP contribution in [0.5, 0.6) is 11.5 Å². The van der Waals surface area contributed by atoms with Gasteiger partial charge in [-0.2, -0.15) is 14.9 Å². The Morgan fingerprint density at radius 2 is 2.16 bits per heavy atom. The maximum Gasteiger partial charge on any atom is 0.216 e. The quantitative estimate of drug-likeness (QED) is 0.366. The molecule has 1 fully saturated rings. The van der Waals surface area contributed by atoms with E-state index in [2.05, 4.69) is 15.3 Å². The van der Waals surface area contributed by atoms with Crippen LogP contribution < -0.4 is 9.47 Å². The molecule has 9 heteroatoms. The average molecular weight is 459 g/mol. The minimum absolute atomic E-state index is 0.0929. The Kier molecular flexibility index (Phi) is 7.01. The molecule has 1 aliphatic heterocycles. The molecule has 1 N–H and O–H groups in total. The molecule has 0 bridgehead atoms. The molecule has 2 aromatic carbocycles. The fraction of sp³-hybridized carbons (Fsp3) is 0.318. The van der Waals surface area contributed by atoms with E-state index in [-0.39, 0.29) is 6.10 Å². The molecule has 2 heterocycles. The molecule has 1 saturated heterocycles. The standard InChI is InChI=1S/C22H23ClN4O3S/c1-2-28-20-12-15(9-10-18(20)30-14-16-6-3-4-7-17(16)23)13-24-27-21(25-26-22(27)31)19-8-5-11-29-19/h3-4,6-7,9-10,12-13,19H,2,5,8,11,14H2,1H3,(H,26,31)/b24-13-. The maximum absolute atomic E-state index is 6.22. The normalized spacial score (nSPS) is 16.1. The number of ether oxygens (including phenoxy) is 3. The minimum Gasteiger partial charge on any atom is -0.490 e. The zero-order valence-corrected chi connectivity index (χ0v) is 18.7. The van der Waals surface area contributed by atoms with Crippen molar-refractivity contribution in [3.63, 3.8) is 0 Å². The minimum atomic E-state index is -0.0929. The lowest BCUT2D eigenvalue weighted by Gasteiger charge is -2.13. The van der Waals surface area contributed by atoms with Gasteiger partial charge in [0.05, 0.1) is 12.8 Å². The molecule has 7 nitrogen and oxygen atoms in total. The van der Waals surface area contributed by atoms with Gasteiger partial charge in [-0.1, -0.05) is 29.8 Å². The number of halogens is 1. The van der Waals surface area contributed by atoms with Crippen LogP contribution >= 0.6 is 23.8 Å². The summed E-state index contributed by atoms with van der Waals surface area (Å²) >= 11 is 11.5. The third-order valence-corrected chi connectivity index (χ3v) is 5.46. The molecule has 162 valence electrons. The first-order valence-corrected chi connectivity index (χ1v) is 10.9. The van der Waals surface area contributed by atoms with Gasteiger partial charge in [-0.15, -0.1) is 0 Å². The number of H-pyrrole nitrogens is 1. The highest BCUT2D eigenvalue weighted by Crippen LogP contribution is 2.30. The summed E-state index contributed by atoms with van der Waals surface area (Å²) in [4.78, 5) is 0. The van der Waals surface area contributed by atoms with E-state index in [0.717, 1.165) is 30.6 Å². The van der Waals surface area contributed by atoms with Crippen LogP contribution in [0.2, 0.25) is 5.02 Å². The van der Waals surface area contributed by atoms with Gasteiger partial charge >= 0.3 is 0 Å². The molecule has 0 radical (unpaired) electrons. The van der Waals surface area contributed by atoms with Gasteiger partial charge < -0.3 is 14.2 Å². The van der Waals surface area contributed by atoms with Gasteiger partial charge in [0.1, 0.15) is 12.7 Å². The number of hydrogen-bond donors (Lipinski definition) is 1. The maximum atomic E-state index is 6.22. The van der Waals surface area contributed by atoms with E-state index in [1.807, 2.05) is 49.4 Å². The summed E-state index contributed by atoms with van der Waals surface area (Å²) in [5.41, 5.74) is 1.75. The molecule has 0 spiro atoms. The van der Waals surface area contributed by atoms with E-state index < -0.39 is 0 Å². The number of aromatic amines is 1. The van der Waals surface area contributed by atoms with Gasteiger partial charge in [0.25, 0.3) is 0 Å². The molecular formula is C22H23ClN4O3S. The summed E-state index contributed by atoms with van der Waals surface area (Å²) in [6, 6.07) is 13.2. The van der Waals surface area contributed by atoms with Gasteiger partial charge in [0, 0.05) is 17.2 Å². The number of hydrogen-bond acceptors (Lipinski definition) is 6. The van der Waals surface area contributed by atoms with Crippen molar-refractivity contribution in [2.75, 3.05) is 13.2 Å². The van der Waals surface area contributed by atoms with Crippen molar-refractivity contribution in [1.82, 2.24) is 14.9 Å². The molecule has 31 heavy (non-hydrogen) atoms. The fourth-order valence-electron chi connectivity index (χ4n) is 3.29. The monoisotopic (exact) mass is 458 g/mol. The van der Waals surface area contributed by atoms with Crippen molar-refractivity contribution in [3.05, 3.63) is 69.2 Å². The van der Waals surface area contributed by atoms with Crippen LogP contribution in [0.25, 0.3) is 0 Å². The highest BCUT2D eigenvalue weighted by molar-refractivity contribution is 7.71. The molecule has 1 aliphatic rings. The third-order valence-electron chi connectivity index (χ3n) is 4.82. The van der Waals surface area contributed by atoms with E-state index in [1.165, 1.54) is 0 Å². The Bertz CT molecular complexity index is 1120. The summed E-state index contributed by atoms with van der Waals surface area (Å²) < 4.78 is 19.5. The molecule has 4 rings (SSSR count). The topological polar surface area (TPSA) is 73.7 Å². The van der Waals surface area contributed by atoms with Gasteiger partial charge in [0.15, 0.2) is 17.3 Å². The lowest BCUT2D eigenvalue weighted by atomic mass is 10.2. The van der Waals surface area contributed by atoms with E-state index in [9.17, 15) is 0 Å². The van der Waals surface area contributed by atoms with Crippen LogP contribution in [0.3, 0.4) is 0 Å². The second kappa shape index (κ2) is 10.1. The summed E-state index contributed by atoms with van der Waals surface area (Å²) in [5.74, 6) is 1.95. The fourth-order valence-corrected chi connectivity index (χ4v) is 3.67. The molecule has 0 amide bonds. The highest BCUT2D eigenvalue weighted by Gasteiger charge is 2.23. The average Bonchev–Trinajstić information content (AvgIpc) is 3.42. The van der Waals surface area contributed by atoms with Crippen LogP contribution in [0.1, 0.15) is 42.8 Å². The summed E-state index contributed by atoms with van der Waals surface area (Å²) in [7, 11) is 0. The van der Waals surface area contributed by atoms with Crippen LogP contribution in [0, 0.1) is 4.77 Å². The van der Waals surface area contributed by atoms with Gasteiger partial charge in [0.2, 0.25) is 4.77 Å². The van der Waals surface area contributed by atoms with Crippen molar-refractivity contribution in [2.45, 2.75) is 32.5 Å². The first-order chi connectivity index (χ1) is 15.2. The lowest BCUT2D eigenvalue weighted by Crippen LogP contribution is -2.05. The van der Waals surface area contributed by atoms with Crippen molar-refractivity contribution in [3.8, 4) is 11.5 Å². The predicted octanol–water partition coefficient (Wildman–Crippen LogP) is 5.31. The van der Waals surface area contributed by atoms with Crippen molar-refractivity contribution >= 4 is 30.0 Å². The SMILES string of the molecule is CCOc1cc(/C=N\n2c(C3CCCO3)n[nH]c2=S)ccc1OCc1ccccc1Cl. The number of nitrogens with zero attached hydrogens (tertiary/aromatic N) is 3. The molecular weight excluding hydrogens is 436 g/mol. The van der Waals surface area contributed by atoms with Gasteiger partial charge in [-0.05, 0) is 61.8 Å². The zero-order valence-electron chi connectivity index (χ0n) is 17.1. The number of rotatable bonds is 8. The number of nitrogens with one attached hydrogen (secondary N) is 1. The van der Waals surface area contributed by atoms with Crippen LogP contribution in [0.4, 0.5) is 0 Å². The highest BCUT2D eigenvalue weighted by atomic mass is 35.5. The molecule has 1 aromatic heterocycles. The molecule has 1 unspecified atom stereocenters. The van der Waals surface area contributed by atoms with E-state index in [0.29, 0.717) is 40.3 Å². The van der Waals surface area contributed by atoms with Crippen molar-refractivity contribution in [1.29, 1.82) is 0 Å². The Morgan fingerprint density at radius 3 is 2.94 bits per heavy atom. The van der Waals surface area contributed by atoms with Crippen molar-refractivity contribution in [2.24, 2.45) is 5.10 Å². The number of benzene rings is 2. The Balaban J connectivity index is 1.53. The first kappa shape index (κ1) is 21.5. The Hall–Kier alpha value is -2.68. The van der Waals surface area contributed by atoms with E-state index in [4.69, 9.17) is 38.0 Å². The van der Waals surface area contributed by atoms with Crippen LogP contribution in [0.15, 0.2) is 47.6 Å². The largest absolute Gasteiger partial charge is 0.490 e. The molecule has 0 aliphatic carbocycles. The smallest absolute Gasteiger partial charge is 0.216 e.